The van der Waals surface area contributed by atoms with Crippen molar-refractivity contribution >= 4 is 23.4 Å². The number of carbonyl (C=O) groups is 2. The number of fused-ring (bicyclic) bond motifs is 1. The van der Waals surface area contributed by atoms with Crippen LogP contribution in [0.3, 0.4) is 0 Å². The van der Waals surface area contributed by atoms with Crippen molar-refractivity contribution in [3.8, 4) is 11.4 Å². The van der Waals surface area contributed by atoms with E-state index in [1.807, 2.05) is 0 Å². The van der Waals surface area contributed by atoms with Crippen LogP contribution in [0.2, 0.25) is 0 Å². The van der Waals surface area contributed by atoms with Gasteiger partial charge in [0.25, 0.3) is 5.91 Å². The molecule has 0 unspecified atom stereocenters. The Morgan fingerprint density at radius 2 is 1.61 bits per heavy atom. The fraction of sp³-hybridized carbons (Fsp3) is 0.320. The van der Waals surface area contributed by atoms with Crippen molar-refractivity contribution in [2.75, 3.05) is 23.9 Å². The summed E-state index contributed by atoms with van der Waals surface area (Å²) < 4.78 is 52.6. The molecule has 0 saturated carbocycles. The number of rotatable bonds is 4. The lowest BCUT2D eigenvalue weighted by atomic mass is 10.0. The number of ether oxygens (including phenoxy) is 2. The van der Waals surface area contributed by atoms with Crippen LogP contribution < -0.4 is 15.0 Å². The molecule has 4 rings (SSSR count). The van der Waals surface area contributed by atoms with E-state index in [0.717, 1.165) is 4.68 Å². The summed E-state index contributed by atoms with van der Waals surface area (Å²) in [6.45, 7) is 5.27. The Bertz CT molecular complexity index is 1280. The predicted octanol–water partition coefficient (Wildman–Crippen LogP) is 5.45. The Morgan fingerprint density at radius 3 is 2.17 bits per heavy atom. The normalized spacial score (nSPS) is 13.9. The molecule has 1 aliphatic heterocycles. The van der Waals surface area contributed by atoms with Crippen LogP contribution in [-0.4, -0.2) is 41.0 Å². The van der Waals surface area contributed by atoms with Gasteiger partial charge in [-0.3, -0.25) is 10.1 Å². The Morgan fingerprint density at radius 1 is 1.00 bits per heavy atom. The van der Waals surface area contributed by atoms with Crippen LogP contribution in [0.25, 0.3) is 5.69 Å². The molecule has 190 valence electrons. The lowest BCUT2D eigenvalue weighted by molar-refractivity contribution is -0.141. The van der Waals surface area contributed by atoms with Gasteiger partial charge in [0.1, 0.15) is 17.0 Å². The van der Waals surface area contributed by atoms with Crippen LogP contribution in [0.1, 0.15) is 42.5 Å². The van der Waals surface area contributed by atoms with Crippen molar-refractivity contribution in [1.29, 1.82) is 0 Å². The minimum Gasteiger partial charge on any atom is -0.497 e. The first-order valence-corrected chi connectivity index (χ1v) is 11.1. The Hall–Kier alpha value is -4.02. The highest BCUT2D eigenvalue weighted by Crippen LogP contribution is 2.37. The van der Waals surface area contributed by atoms with E-state index in [1.54, 1.807) is 57.2 Å². The highest BCUT2D eigenvalue weighted by molar-refractivity contribution is 6.07. The van der Waals surface area contributed by atoms with Crippen molar-refractivity contribution in [2.45, 2.75) is 39.0 Å². The van der Waals surface area contributed by atoms with Crippen LogP contribution in [0.4, 0.5) is 29.3 Å². The largest absolute Gasteiger partial charge is 0.497 e. The molecule has 1 aromatic heterocycles. The lowest BCUT2D eigenvalue weighted by Gasteiger charge is -2.28. The van der Waals surface area contributed by atoms with Crippen molar-refractivity contribution in [1.82, 2.24) is 9.78 Å². The highest BCUT2D eigenvalue weighted by atomic mass is 19.4. The molecule has 0 fully saturated rings. The summed E-state index contributed by atoms with van der Waals surface area (Å²) in [5.41, 5.74) is -0.799. The van der Waals surface area contributed by atoms with Crippen LogP contribution in [0, 0.1) is 0 Å². The minimum absolute atomic E-state index is 0.0238. The lowest BCUT2D eigenvalue weighted by Crippen LogP contribution is -2.39. The zero-order valence-electron chi connectivity index (χ0n) is 20.1. The number of halogens is 3. The average molecular weight is 502 g/mol. The van der Waals surface area contributed by atoms with Crippen molar-refractivity contribution in [2.24, 2.45) is 0 Å². The molecule has 0 atom stereocenters. The van der Waals surface area contributed by atoms with Crippen LogP contribution in [-0.2, 0) is 17.3 Å². The fourth-order valence-corrected chi connectivity index (χ4v) is 3.89. The molecule has 0 saturated heterocycles. The van der Waals surface area contributed by atoms with E-state index < -0.39 is 29.5 Å². The topological polar surface area (TPSA) is 85.7 Å². The maximum atomic E-state index is 13.8. The Labute approximate surface area is 205 Å². The van der Waals surface area contributed by atoms with Gasteiger partial charge < -0.3 is 14.4 Å². The number of hydrogen-bond donors (Lipinski definition) is 1. The molecule has 36 heavy (non-hydrogen) atoms. The summed E-state index contributed by atoms with van der Waals surface area (Å²) in [5.74, 6) is -0.0910. The van der Waals surface area contributed by atoms with Gasteiger partial charge in [-0.25, -0.2) is 9.48 Å². The minimum atomic E-state index is -4.71. The van der Waals surface area contributed by atoms with E-state index in [-0.39, 0.29) is 24.2 Å². The van der Waals surface area contributed by atoms with Crippen molar-refractivity contribution < 1.29 is 32.2 Å². The summed E-state index contributed by atoms with van der Waals surface area (Å²) in [6, 6.07) is 12.6. The van der Waals surface area contributed by atoms with E-state index in [4.69, 9.17) is 9.47 Å². The Kier molecular flexibility index (Phi) is 6.42. The van der Waals surface area contributed by atoms with Gasteiger partial charge in [0.2, 0.25) is 0 Å². The third-order valence-electron chi connectivity index (χ3n) is 5.43. The zero-order chi connectivity index (χ0) is 26.3. The third kappa shape index (κ3) is 5.14. The smallest absolute Gasteiger partial charge is 0.435 e. The van der Waals surface area contributed by atoms with Gasteiger partial charge in [-0.1, -0.05) is 0 Å². The van der Waals surface area contributed by atoms with Gasteiger partial charge in [-0.05, 0) is 75.7 Å². The summed E-state index contributed by atoms with van der Waals surface area (Å²) in [6.07, 6.45) is -5.36. The molecule has 0 bridgehead atoms. The van der Waals surface area contributed by atoms with E-state index in [9.17, 15) is 22.8 Å². The van der Waals surface area contributed by atoms with Gasteiger partial charge >= 0.3 is 12.3 Å². The molecule has 2 heterocycles. The second-order valence-corrected chi connectivity index (χ2v) is 9.16. The van der Waals surface area contributed by atoms with Crippen molar-refractivity contribution in [3.63, 3.8) is 0 Å². The number of nitrogens with one attached hydrogen (secondary N) is 1. The van der Waals surface area contributed by atoms with E-state index >= 15 is 0 Å². The average Bonchev–Trinajstić information content (AvgIpc) is 3.20. The molecule has 1 N–H and O–H groups in total. The molecule has 0 spiro atoms. The van der Waals surface area contributed by atoms with Gasteiger partial charge in [0.15, 0.2) is 5.69 Å². The van der Waals surface area contributed by atoms with Gasteiger partial charge in [0, 0.05) is 23.5 Å². The number of nitrogens with zero attached hydrogens (tertiary/aromatic N) is 3. The maximum absolute atomic E-state index is 13.8. The summed E-state index contributed by atoms with van der Waals surface area (Å²) in [5, 5.41) is 6.39. The number of carbonyl (C=O) groups excluding carboxylic acids is 2. The summed E-state index contributed by atoms with van der Waals surface area (Å²) in [4.78, 5) is 26.9. The molecule has 3 aromatic rings. The summed E-state index contributed by atoms with van der Waals surface area (Å²) >= 11 is 0. The van der Waals surface area contributed by atoms with Gasteiger partial charge in [-0.2, -0.15) is 18.3 Å². The molecule has 2 amide bonds. The molecular formula is C25H25F3N4O4. The number of aromatic nitrogens is 2. The summed E-state index contributed by atoms with van der Waals surface area (Å²) in [7, 11) is 1.47. The van der Waals surface area contributed by atoms with Crippen LogP contribution in [0.15, 0.2) is 48.5 Å². The standard InChI is InChI=1S/C25H25F3N4O4/c1-24(2,3)36-23(34)29-15-5-7-16(8-6-15)31-14-13-19-20(22(31)33)32(30-21(19)25(26,27)28)17-9-11-18(35-4)12-10-17/h5-12H,13-14H2,1-4H3,(H,29,34). The molecule has 8 nitrogen and oxygen atoms in total. The van der Waals surface area contributed by atoms with E-state index in [1.165, 1.54) is 24.1 Å². The third-order valence-corrected chi connectivity index (χ3v) is 5.43. The zero-order valence-corrected chi connectivity index (χ0v) is 20.1. The second-order valence-electron chi connectivity index (χ2n) is 9.16. The molecule has 0 aliphatic carbocycles. The molecule has 2 aromatic carbocycles. The molecular weight excluding hydrogens is 477 g/mol. The number of alkyl halides is 3. The second kappa shape index (κ2) is 9.21. The number of anilines is 2. The van der Waals surface area contributed by atoms with Crippen molar-refractivity contribution in [3.05, 3.63) is 65.5 Å². The number of methoxy groups -OCH3 is 1. The van der Waals surface area contributed by atoms with Gasteiger partial charge in [-0.15, -0.1) is 0 Å². The maximum Gasteiger partial charge on any atom is 0.435 e. The number of hydrogen-bond acceptors (Lipinski definition) is 5. The fourth-order valence-electron chi connectivity index (χ4n) is 3.89. The van der Waals surface area contributed by atoms with Crippen LogP contribution >= 0.6 is 0 Å². The monoisotopic (exact) mass is 502 g/mol. The molecule has 1 aliphatic rings. The highest BCUT2D eigenvalue weighted by Gasteiger charge is 2.43. The Balaban J connectivity index is 1.65. The van der Waals surface area contributed by atoms with E-state index in [2.05, 4.69) is 10.4 Å². The van der Waals surface area contributed by atoms with E-state index in [0.29, 0.717) is 22.8 Å². The first kappa shape index (κ1) is 25.1. The van der Waals surface area contributed by atoms with Gasteiger partial charge in [0.05, 0.1) is 12.8 Å². The molecule has 11 heteroatoms. The first-order chi connectivity index (χ1) is 16.9. The quantitative estimate of drug-likeness (QED) is 0.513. The predicted molar refractivity (Wildman–Crippen MR) is 127 cm³/mol. The number of amides is 2. The SMILES string of the molecule is COc1ccc(-n2nc(C(F)(F)F)c3c2C(=O)N(c2ccc(NC(=O)OC(C)(C)C)cc2)CC3)cc1. The molecule has 0 radical (unpaired) electrons. The first-order valence-electron chi connectivity index (χ1n) is 11.1. The number of benzene rings is 2. The van der Waals surface area contributed by atoms with Crippen LogP contribution in [0.5, 0.6) is 5.75 Å².